The average Bonchev–Trinajstić information content (AvgIpc) is 3.29. The molecule has 4 atom stereocenters. The molecule has 7 rings (SSSR count). The van der Waals surface area contributed by atoms with Crippen LogP contribution in [0.15, 0.2) is 78.9 Å². The second-order valence-electron chi connectivity index (χ2n) is 9.88. The van der Waals surface area contributed by atoms with E-state index in [0.717, 1.165) is 24.5 Å². The molecule has 3 aliphatic heterocycles. The Morgan fingerprint density at radius 2 is 1.80 bits per heavy atom. The number of para-hydroxylation sites is 1. The van der Waals surface area contributed by atoms with Gasteiger partial charge in [-0.3, -0.25) is 9.58 Å². The summed E-state index contributed by atoms with van der Waals surface area (Å²) < 4.78 is 2.11. The van der Waals surface area contributed by atoms with E-state index in [1.54, 1.807) is 0 Å². The van der Waals surface area contributed by atoms with Crippen LogP contribution in [0.3, 0.4) is 0 Å². The molecule has 3 fully saturated rings. The van der Waals surface area contributed by atoms with E-state index in [0.29, 0.717) is 23.0 Å². The average molecular weight is 482 g/mol. The monoisotopic (exact) mass is 481 g/mol. The molecule has 1 aromatic heterocycles. The number of nitrogens with zero attached hydrogens (tertiary/aromatic N) is 3. The Labute approximate surface area is 212 Å². The summed E-state index contributed by atoms with van der Waals surface area (Å²) in [5.74, 6) is 1.21. The molecule has 4 aromatic rings. The van der Waals surface area contributed by atoms with Gasteiger partial charge in [-0.1, -0.05) is 54.6 Å². The molecular formula is C29H31N5S. The van der Waals surface area contributed by atoms with Gasteiger partial charge in [0.1, 0.15) is 0 Å². The molecule has 0 amide bonds. The van der Waals surface area contributed by atoms with E-state index in [2.05, 4.69) is 75.8 Å². The molecule has 4 heterocycles. The molecule has 0 saturated carbocycles. The Morgan fingerprint density at radius 1 is 1.00 bits per heavy atom. The number of aromatic nitrogens is 2. The molecule has 178 valence electrons. The molecule has 0 radical (unpaired) electrons. The van der Waals surface area contributed by atoms with E-state index in [1.807, 2.05) is 30.3 Å². The van der Waals surface area contributed by atoms with Gasteiger partial charge in [0.15, 0.2) is 5.11 Å². The molecule has 5 nitrogen and oxygen atoms in total. The highest BCUT2D eigenvalue weighted by molar-refractivity contribution is 7.80. The minimum atomic E-state index is 0.522. The number of rotatable bonds is 5. The molecule has 3 aromatic carbocycles. The zero-order chi connectivity index (χ0) is 23.8. The van der Waals surface area contributed by atoms with E-state index in [-0.39, 0.29) is 0 Å². The van der Waals surface area contributed by atoms with Crippen molar-refractivity contribution in [1.82, 2.24) is 20.0 Å². The fourth-order valence-corrected chi connectivity index (χ4v) is 6.11. The second-order valence-corrected chi connectivity index (χ2v) is 10.3. The van der Waals surface area contributed by atoms with Crippen LogP contribution in [0.1, 0.15) is 24.5 Å². The van der Waals surface area contributed by atoms with Gasteiger partial charge in [0, 0.05) is 49.0 Å². The minimum Gasteiger partial charge on any atom is -0.361 e. The van der Waals surface area contributed by atoms with Crippen LogP contribution >= 0.6 is 12.2 Å². The summed E-state index contributed by atoms with van der Waals surface area (Å²) in [6.45, 7) is 3.14. The van der Waals surface area contributed by atoms with Crippen LogP contribution < -0.4 is 10.6 Å². The minimum absolute atomic E-state index is 0.522. The van der Waals surface area contributed by atoms with Crippen molar-refractivity contribution in [3.05, 3.63) is 84.6 Å². The third-order valence-electron chi connectivity index (χ3n) is 7.75. The lowest BCUT2D eigenvalue weighted by Gasteiger charge is -2.50. The molecule has 3 saturated heterocycles. The molecule has 3 aliphatic rings. The van der Waals surface area contributed by atoms with E-state index < -0.39 is 0 Å². The number of anilines is 1. The Morgan fingerprint density at radius 3 is 2.60 bits per heavy atom. The second kappa shape index (κ2) is 9.44. The van der Waals surface area contributed by atoms with Gasteiger partial charge in [0.25, 0.3) is 0 Å². The third-order valence-corrected chi connectivity index (χ3v) is 8.00. The number of nitrogens with one attached hydrogen (secondary N) is 2. The summed E-state index contributed by atoms with van der Waals surface area (Å²) >= 11 is 5.53. The summed E-state index contributed by atoms with van der Waals surface area (Å²) in [5.41, 5.74) is 4.64. The van der Waals surface area contributed by atoms with Gasteiger partial charge >= 0.3 is 0 Å². The molecule has 1 unspecified atom stereocenters. The highest BCUT2D eigenvalue weighted by Crippen LogP contribution is 2.42. The van der Waals surface area contributed by atoms with Gasteiger partial charge in [-0.05, 0) is 72.6 Å². The SMILES string of the molecule is Cn1nc(-c2ccc3ccccc3c2)cc1[C@@H]1CN2CC[C@H]1C[C@@H]2CNC(=S)Nc1ccccc1. The summed E-state index contributed by atoms with van der Waals surface area (Å²) in [6, 6.07) is 28.1. The Kier molecular flexibility index (Phi) is 6.00. The summed E-state index contributed by atoms with van der Waals surface area (Å²) in [5, 5.41) is 14.9. The van der Waals surface area contributed by atoms with Crippen molar-refractivity contribution in [2.75, 3.05) is 25.0 Å². The first-order valence-corrected chi connectivity index (χ1v) is 12.9. The van der Waals surface area contributed by atoms with Gasteiger partial charge in [0.2, 0.25) is 0 Å². The van der Waals surface area contributed by atoms with Crippen molar-refractivity contribution in [2.45, 2.75) is 24.8 Å². The fraction of sp³-hybridized carbons (Fsp3) is 0.310. The molecule has 35 heavy (non-hydrogen) atoms. The number of aryl methyl sites for hydroxylation is 1. The van der Waals surface area contributed by atoms with E-state index >= 15 is 0 Å². The number of fused-ring (bicyclic) bond motifs is 4. The van der Waals surface area contributed by atoms with E-state index in [9.17, 15) is 0 Å². The summed E-state index contributed by atoms with van der Waals surface area (Å²) in [6.07, 6.45) is 2.45. The quantitative estimate of drug-likeness (QED) is 0.374. The van der Waals surface area contributed by atoms with Crippen LogP contribution in [-0.2, 0) is 7.05 Å². The number of hydrogen-bond donors (Lipinski definition) is 2. The van der Waals surface area contributed by atoms with Crippen LogP contribution in [-0.4, -0.2) is 45.5 Å². The topological polar surface area (TPSA) is 45.1 Å². The van der Waals surface area contributed by atoms with Crippen molar-refractivity contribution in [3.63, 3.8) is 0 Å². The van der Waals surface area contributed by atoms with E-state index in [4.69, 9.17) is 17.3 Å². The van der Waals surface area contributed by atoms with E-state index in [1.165, 1.54) is 41.4 Å². The van der Waals surface area contributed by atoms with Gasteiger partial charge < -0.3 is 10.6 Å². The number of benzene rings is 3. The first-order chi connectivity index (χ1) is 17.1. The van der Waals surface area contributed by atoms with Crippen molar-refractivity contribution in [2.24, 2.45) is 13.0 Å². The Balaban J connectivity index is 1.13. The first-order valence-electron chi connectivity index (χ1n) is 12.5. The van der Waals surface area contributed by atoms with Gasteiger partial charge in [-0.15, -0.1) is 0 Å². The van der Waals surface area contributed by atoms with Crippen molar-refractivity contribution < 1.29 is 0 Å². The van der Waals surface area contributed by atoms with Gasteiger partial charge in [-0.2, -0.15) is 5.10 Å². The highest BCUT2D eigenvalue weighted by Gasteiger charge is 2.41. The summed E-state index contributed by atoms with van der Waals surface area (Å²) in [7, 11) is 2.10. The normalized spacial score (nSPS) is 23.3. The summed E-state index contributed by atoms with van der Waals surface area (Å²) in [4.78, 5) is 2.64. The predicted molar refractivity (Wildman–Crippen MR) is 148 cm³/mol. The van der Waals surface area contributed by atoms with Crippen LogP contribution in [0.25, 0.3) is 22.0 Å². The lowest BCUT2D eigenvalue weighted by Crippen LogP contribution is -2.56. The van der Waals surface area contributed by atoms with Crippen molar-refractivity contribution in [3.8, 4) is 11.3 Å². The smallest absolute Gasteiger partial charge is 0.170 e. The van der Waals surface area contributed by atoms with Crippen LogP contribution in [0.2, 0.25) is 0 Å². The largest absolute Gasteiger partial charge is 0.361 e. The Bertz CT molecular complexity index is 1350. The van der Waals surface area contributed by atoms with Crippen molar-refractivity contribution >= 4 is 33.8 Å². The zero-order valence-electron chi connectivity index (χ0n) is 20.0. The van der Waals surface area contributed by atoms with Gasteiger partial charge in [0.05, 0.1) is 5.69 Å². The van der Waals surface area contributed by atoms with Crippen LogP contribution in [0, 0.1) is 5.92 Å². The van der Waals surface area contributed by atoms with Gasteiger partial charge in [-0.25, -0.2) is 0 Å². The molecule has 2 N–H and O–H groups in total. The standard InChI is InChI=1S/C29H31N5S/c1-33-28(17-27(32-33)23-12-11-20-7-5-6-8-21(20)15-23)26-19-34-14-13-22(26)16-25(34)18-30-29(35)31-24-9-3-2-4-10-24/h2-12,15,17,22,25-26H,13-14,16,18-19H2,1H3,(H2,30,31,35)/t22-,25+,26+/m0/s1. The molecule has 0 aliphatic carbocycles. The maximum Gasteiger partial charge on any atom is 0.170 e. The molecular weight excluding hydrogens is 450 g/mol. The lowest BCUT2D eigenvalue weighted by molar-refractivity contribution is 0.0303. The number of thiocarbonyl (C=S) groups is 1. The predicted octanol–water partition coefficient (Wildman–Crippen LogP) is 5.40. The molecule has 0 spiro atoms. The molecule has 2 bridgehead atoms. The fourth-order valence-electron chi connectivity index (χ4n) is 5.91. The highest BCUT2D eigenvalue weighted by atomic mass is 32.1. The maximum atomic E-state index is 5.53. The Hall–Kier alpha value is -3.22. The van der Waals surface area contributed by atoms with Crippen LogP contribution in [0.5, 0.6) is 0 Å². The first kappa shape index (κ1) is 22.3. The lowest BCUT2D eigenvalue weighted by atomic mass is 9.74. The number of hydrogen-bond acceptors (Lipinski definition) is 3. The van der Waals surface area contributed by atoms with Crippen LogP contribution in [0.4, 0.5) is 5.69 Å². The van der Waals surface area contributed by atoms with Crippen molar-refractivity contribution in [1.29, 1.82) is 0 Å². The maximum absolute atomic E-state index is 5.53. The molecule has 6 heteroatoms. The third kappa shape index (κ3) is 4.56. The zero-order valence-corrected chi connectivity index (χ0v) is 20.8. The number of piperidine rings is 3.